The highest BCUT2D eigenvalue weighted by atomic mass is 79.9. The highest BCUT2D eigenvalue weighted by Gasteiger charge is 2.32. The Morgan fingerprint density at radius 3 is 2.75 bits per heavy atom. The Kier molecular flexibility index (Phi) is 4.32. The van der Waals surface area contributed by atoms with Gasteiger partial charge in [0.05, 0.1) is 0 Å². The second kappa shape index (κ2) is 5.68. The fraction of sp³-hybridized carbons (Fsp3) is 0.643. The van der Waals surface area contributed by atoms with Crippen molar-refractivity contribution >= 4 is 27.7 Å². The summed E-state index contributed by atoms with van der Waals surface area (Å²) in [6.07, 6.45) is 1.87. The van der Waals surface area contributed by atoms with Gasteiger partial charge in [-0.1, -0.05) is 20.8 Å². The van der Waals surface area contributed by atoms with Crippen molar-refractivity contribution in [3.8, 4) is 0 Å². The van der Waals surface area contributed by atoms with Crippen molar-refractivity contribution in [3.05, 3.63) is 16.5 Å². The summed E-state index contributed by atoms with van der Waals surface area (Å²) in [4.78, 5) is 23.1. The minimum Gasteiger partial charge on any atom is -0.357 e. The van der Waals surface area contributed by atoms with Crippen molar-refractivity contribution in [2.45, 2.75) is 45.1 Å². The first-order valence-electron chi connectivity index (χ1n) is 6.86. The largest absolute Gasteiger partial charge is 0.357 e. The van der Waals surface area contributed by atoms with Gasteiger partial charge in [-0.3, -0.25) is 4.79 Å². The van der Waals surface area contributed by atoms with Crippen molar-refractivity contribution in [2.75, 3.05) is 18.5 Å². The lowest BCUT2D eigenvalue weighted by atomic mass is 9.96. The predicted molar refractivity (Wildman–Crippen MR) is 82.9 cm³/mol. The van der Waals surface area contributed by atoms with Crippen LogP contribution in [0.3, 0.4) is 0 Å². The molecule has 5 nitrogen and oxygen atoms in total. The molecule has 0 aromatic carbocycles. The molecule has 1 N–H and O–H groups in total. The standard InChI is InChI=1S/C14H21BrN4O/c1-14(2,3)13-17-10(15)8-11(18-13)19-7-5-6-9(19)12(20)16-4/h8-9H,5-7H2,1-4H3,(H,16,20). The van der Waals surface area contributed by atoms with Gasteiger partial charge in [-0.15, -0.1) is 0 Å². The van der Waals surface area contributed by atoms with Crippen molar-refractivity contribution < 1.29 is 4.79 Å². The van der Waals surface area contributed by atoms with E-state index in [0.717, 1.165) is 35.6 Å². The maximum Gasteiger partial charge on any atom is 0.242 e. The number of carbonyl (C=O) groups excluding carboxylic acids is 1. The molecule has 1 aliphatic heterocycles. The van der Waals surface area contributed by atoms with E-state index >= 15 is 0 Å². The molecule has 0 aliphatic carbocycles. The number of amides is 1. The summed E-state index contributed by atoms with van der Waals surface area (Å²) in [5.74, 6) is 1.65. The van der Waals surface area contributed by atoms with E-state index in [1.165, 1.54) is 0 Å². The maximum absolute atomic E-state index is 12.0. The second-order valence-corrected chi connectivity index (χ2v) is 6.90. The van der Waals surface area contributed by atoms with Crippen LogP contribution in [0.15, 0.2) is 10.7 Å². The van der Waals surface area contributed by atoms with Crippen LogP contribution in [0.2, 0.25) is 0 Å². The van der Waals surface area contributed by atoms with Gasteiger partial charge < -0.3 is 10.2 Å². The van der Waals surface area contributed by atoms with Gasteiger partial charge in [0.1, 0.15) is 22.3 Å². The number of nitrogens with zero attached hydrogens (tertiary/aromatic N) is 3. The smallest absolute Gasteiger partial charge is 0.242 e. The Hall–Kier alpha value is -1.17. The third kappa shape index (κ3) is 3.11. The molecule has 1 saturated heterocycles. The van der Waals surface area contributed by atoms with Crippen LogP contribution in [-0.2, 0) is 10.2 Å². The van der Waals surface area contributed by atoms with Gasteiger partial charge in [-0.25, -0.2) is 9.97 Å². The summed E-state index contributed by atoms with van der Waals surface area (Å²) in [7, 11) is 1.68. The van der Waals surface area contributed by atoms with E-state index in [9.17, 15) is 4.79 Å². The molecule has 0 bridgehead atoms. The van der Waals surface area contributed by atoms with Crippen LogP contribution in [0, 0.1) is 0 Å². The summed E-state index contributed by atoms with van der Waals surface area (Å²) < 4.78 is 0.759. The number of hydrogen-bond donors (Lipinski definition) is 1. The van der Waals surface area contributed by atoms with Crippen molar-refractivity contribution in [1.82, 2.24) is 15.3 Å². The third-order valence-electron chi connectivity index (χ3n) is 3.45. The molecule has 1 aliphatic rings. The molecule has 110 valence electrons. The lowest BCUT2D eigenvalue weighted by Gasteiger charge is -2.26. The lowest BCUT2D eigenvalue weighted by molar-refractivity contribution is -0.121. The van der Waals surface area contributed by atoms with Crippen molar-refractivity contribution in [1.29, 1.82) is 0 Å². The Morgan fingerprint density at radius 1 is 1.45 bits per heavy atom. The zero-order valence-corrected chi connectivity index (χ0v) is 14.0. The number of hydrogen-bond acceptors (Lipinski definition) is 4. The second-order valence-electron chi connectivity index (χ2n) is 6.09. The number of anilines is 1. The number of nitrogens with one attached hydrogen (secondary N) is 1. The van der Waals surface area contributed by atoms with E-state index in [4.69, 9.17) is 0 Å². The van der Waals surface area contributed by atoms with Crippen LogP contribution in [0.1, 0.15) is 39.4 Å². The highest BCUT2D eigenvalue weighted by Crippen LogP contribution is 2.28. The van der Waals surface area contributed by atoms with Crippen LogP contribution in [0.5, 0.6) is 0 Å². The van der Waals surface area contributed by atoms with Gasteiger partial charge >= 0.3 is 0 Å². The van der Waals surface area contributed by atoms with E-state index < -0.39 is 0 Å². The van der Waals surface area contributed by atoms with Gasteiger partial charge in [0.25, 0.3) is 0 Å². The molecule has 20 heavy (non-hydrogen) atoms. The van der Waals surface area contributed by atoms with Crippen molar-refractivity contribution in [2.24, 2.45) is 0 Å². The molecule has 1 atom stereocenters. The zero-order chi connectivity index (χ0) is 14.9. The normalized spacial score (nSPS) is 19.2. The Labute approximate surface area is 128 Å². The van der Waals surface area contributed by atoms with Crippen LogP contribution in [0.25, 0.3) is 0 Å². The van der Waals surface area contributed by atoms with Crippen LogP contribution in [-0.4, -0.2) is 35.5 Å². The van der Waals surface area contributed by atoms with Gasteiger partial charge in [-0.05, 0) is 28.8 Å². The quantitative estimate of drug-likeness (QED) is 0.839. The fourth-order valence-electron chi connectivity index (χ4n) is 2.37. The van der Waals surface area contributed by atoms with Gasteiger partial charge in [0, 0.05) is 25.1 Å². The molecule has 0 spiro atoms. The molecule has 1 aromatic rings. The molecular formula is C14H21BrN4O. The molecule has 1 amide bonds. The van der Waals surface area contributed by atoms with Gasteiger partial charge in [0.15, 0.2) is 0 Å². The molecule has 2 rings (SSSR count). The number of halogens is 1. The van der Waals surface area contributed by atoms with Gasteiger partial charge in [0.2, 0.25) is 5.91 Å². The Bertz CT molecular complexity index is 512. The SMILES string of the molecule is CNC(=O)C1CCCN1c1cc(Br)nc(C(C)(C)C)n1. The third-order valence-corrected chi connectivity index (χ3v) is 3.85. The first-order valence-corrected chi connectivity index (χ1v) is 7.65. The summed E-state index contributed by atoms with van der Waals surface area (Å²) in [5.41, 5.74) is -0.124. The van der Waals surface area contributed by atoms with Crippen LogP contribution in [0.4, 0.5) is 5.82 Å². The number of likely N-dealkylation sites (N-methyl/N-ethyl adjacent to an activating group) is 1. The van der Waals surface area contributed by atoms with E-state index in [0.29, 0.717) is 0 Å². The topological polar surface area (TPSA) is 58.1 Å². The molecule has 0 saturated carbocycles. The average molecular weight is 341 g/mol. The first kappa shape index (κ1) is 15.2. The monoisotopic (exact) mass is 340 g/mol. The first-order chi connectivity index (χ1) is 9.32. The summed E-state index contributed by atoms with van der Waals surface area (Å²) in [5, 5.41) is 2.73. The molecule has 1 unspecified atom stereocenters. The minimum absolute atomic E-state index is 0.0505. The highest BCUT2D eigenvalue weighted by molar-refractivity contribution is 9.10. The number of aromatic nitrogens is 2. The Balaban J connectivity index is 2.37. The predicted octanol–water partition coefficient (Wildman–Crippen LogP) is 2.25. The van der Waals surface area contributed by atoms with E-state index in [2.05, 4.69) is 56.9 Å². The minimum atomic E-state index is -0.130. The number of rotatable bonds is 2. The van der Waals surface area contributed by atoms with E-state index in [-0.39, 0.29) is 17.4 Å². The summed E-state index contributed by atoms with van der Waals surface area (Å²) >= 11 is 3.45. The summed E-state index contributed by atoms with van der Waals surface area (Å²) in [6, 6.07) is 1.76. The average Bonchev–Trinajstić information content (AvgIpc) is 2.85. The molecule has 1 aromatic heterocycles. The van der Waals surface area contributed by atoms with Crippen molar-refractivity contribution in [3.63, 3.8) is 0 Å². The van der Waals surface area contributed by atoms with Gasteiger partial charge in [-0.2, -0.15) is 0 Å². The maximum atomic E-state index is 12.0. The van der Waals surface area contributed by atoms with E-state index in [1.54, 1.807) is 7.05 Å². The number of carbonyl (C=O) groups is 1. The molecular weight excluding hydrogens is 320 g/mol. The molecule has 6 heteroatoms. The molecule has 2 heterocycles. The molecule has 0 radical (unpaired) electrons. The molecule has 1 fully saturated rings. The van der Waals surface area contributed by atoms with Crippen LogP contribution < -0.4 is 10.2 Å². The lowest BCUT2D eigenvalue weighted by Crippen LogP contribution is -2.42. The van der Waals surface area contributed by atoms with Crippen LogP contribution >= 0.6 is 15.9 Å². The zero-order valence-electron chi connectivity index (χ0n) is 12.4. The summed E-state index contributed by atoms with van der Waals surface area (Å²) in [6.45, 7) is 7.10. The van der Waals surface area contributed by atoms with E-state index in [1.807, 2.05) is 6.07 Å². The Morgan fingerprint density at radius 2 is 2.15 bits per heavy atom. The fourth-order valence-corrected chi connectivity index (χ4v) is 2.74.